The van der Waals surface area contributed by atoms with Crippen LogP contribution in [0.2, 0.25) is 0 Å². The third-order valence-electron chi connectivity index (χ3n) is 4.08. The van der Waals surface area contributed by atoms with E-state index in [9.17, 15) is 9.59 Å². The van der Waals surface area contributed by atoms with Gasteiger partial charge in [-0.2, -0.15) is 0 Å². The smallest absolute Gasteiger partial charge is 0.321 e. The molecule has 1 aromatic carbocycles. The SMILES string of the molecule is CC(C)[C@H](NC(=O)c1cccc(N2CCNC2=O)c1)c1cccs1. The average Bonchev–Trinajstić information content (AvgIpc) is 3.23. The molecule has 24 heavy (non-hydrogen) atoms. The van der Waals surface area contributed by atoms with Crippen LogP contribution in [0.25, 0.3) is 0 Å². The maximum atomic E-state index is 12.7. The Morgan fingerprint density at radius 1 is 1.29 bits per heavy atom. The van der Waals surface area contributed by atoms with E-state index in [1.807, 2.05) is 29.6 Å². The molecule has 0 unspecified atom stereocenters. The number of urea groups is 1. The van der Waals surface area contributed by atoms with Crippen molar-refractivity contribution in [3.63, 3.8) is 0 Å². The first kappa shape index (κ1) is 16.5. The summed E-state index contributed by atoms with van der Waals surface area (Å²) in [4.78, 5) is 27.3. The van der Waals surface area contributed by atoms with Crippen LogP contribution < -0.4 is 15.5 Å². The maximum absolute atomic E-state index is 12.7. The summed E-state index contributed by atoms with van der Waals surface area (Å²) in [5.74, 6) is 0.170. The normalized spacial score (nSPS) is 15.5. The lowest BCUT2D eigenvalue weighted by Gasteiger charge is -2.22. The maximum Gasteiger partial charge on any atom is 0.321 e. The van der Waals surface area contributed by atoms with E-state index in [1.54, 1.807) is 28.4 Å². The van der Waals surface area contributed by atoms with Gasteiger partial charge in [0.25, 0.3) is 5.91 Å². The Bertz CT molecular complexity index is 728. The molecule has 1 saturated heterocycles. The monoisotopic (exact) mass is 343 g/mol. The zero-order chi connectivity index (χ0) is 17.1. The average molecular weight is 343 g/mol. The number of nitrogens with zero attached hydrogens (tertiary/aromatic N) is 1. The van der Waals surface area contributed by atoms with E-state index in [-0.39, 0.29) is 18.0 Å². The Hall–Kier alpha value is -2.34. The number of hydrogen-bond donors (Lipinski definition) is 2. The molecular weight excluding hydrogens is 322 g/mol. The van der Waals surface area contributed by atoms with Crippen LogP contribution in [0.5, 0.6) is 0 Å². The van der Waals surface area contributed by atoms with Crippen LogP contribution in [0.1, 0.15) is 35.1 Å². The summed E-state index contributed by atoms with van der Waals surface area (Å²) in [6, 6.07) is 11.1. The molecule has 2 aromatic rings. The molecule has 3 rings (SSSR count). The highest BCUT2D eigenvalue weighted by atomic mass is 32.1. The molecule has 1 aliphatic rings. The van der Waals surface area contributed by atoms with E-state index in [0.29, 0.717) is 24.6 Å². The molecule has 1 aromatic heterocycles. The molecule has 0 bridgehead atoms. The Kier molecular flexibility index (Phi) is 4.85. The van der Waals surface area contributed by atoms with Gasteiger partial charge >= 0.3 is 6.03 Å². The van der Waals surface area contributed by atoms with Gasteiger partial charge in [-0.3, -0.25) is 9.69 Å². The zero-order valence-corrected chi connectivity index (χ0v) is 14.6. The quantitative estimate of drug-likeness (QED) is 0.874. The van der Waals surface area contributed by atoms with Gasteiger partial charge in [-0.15, -0.1) is 11.3 Å². The largest absolute Gasteiger partial charge is 0.344 e. The summed E-state index contributed by atoms with van der Waals surface area (Å²) in [6.45, 7) is 5.43. The highest BCUT2D eigenvalue weighted by Crippen LogP contribution is 2.26. The topological polar surface area (TPSA) is 61.4 Å². The van der Waals surface area contributed by atoms with Crippen LogP contribution in [0, 0.1) is 5.92 Å². The Balaban J connectivity index is 1.78. The van der Waals surface area contributed by atoms with Crippen molar-refractivity contribution >= 4 is 29.0 Å². The molecule has 2 heterocycles. The highest BCUT2D eigenvalue weighted by molar-refractivity contribution is 7.10. The van der Waals surface area contributed by atoms with Gasteiger partial charge in [0.2, 0.25) is 0 Å². The Morgan fingerprint density at radius 2 is 2.12 bits per heavy atom. The first-order valence-corrected chi connectivity index (χ1v) is 8.94. The summed E-state index contributed by atoms with van der Waals surface area (Å²) in [6.07, 6.45) is 0. The van der Waals surface area contributed by atoms with Crippen molar-refractivity contribution in [2.45, 2.75) is 19.9 Å². The molecule has 1 aliphatic heterocycles. The van der Waals surface area contributed by atoms with Crippen LogP contribution in [0.4, 0.5) is 10.5 Å². The van der Waals surface area contributed by atoms with Gasteiger partial charge in [-0.1, -0.05) is 26.0 Å². The minimum absolute atomic E-state index is 0.0174. The molecule has 1 atom stereocenters. The van der Waals surface area contributed by atoms with E-state index in [1.165, 1.54) is 0 Å². The number of rotatable bonds is 5. The highest BCUT2D eigenvalue weighted by Gasteiger charge is 2.23. The predicted octanol–water partition coefficient (Wildman–Crippen LogP) is 3.40. The van der Waals surface area contributed by atoms with Gasteiger partial charge in [0.15, 0.2) is 0 Å². The van der Waals surface area contributed by atoms with Crippen molar-refractivity contribution < 1.29 is 9.59 Å². The molecule has 1 fully saturated rings. The molecule has 0 aliphatic carbocycles. The number of carbonyl (C=O) groups excluding carboxylic acids is 2. The van der Waals surface area contributed by atoms with Crippen LogP contribution in [0.15, 0.2) is 41.8 Å². The van der Waals surface area contributed by atoms with Crippen LogP contribution >= 0.6 is 11.3 Å². The standard InChI is InChI=1S/C18H21N3O2S/c1-12(2)16(15-7-4-10-24-15)20-17(22)13-5-3-6-14(11-13)21-9-8-19-18(21)23/h3-7,10-12,16H,8-9H2,1-2H3,(H,19,23)(H,20,22)/t16-/m0/s1. The molecule has 6 heteroatoms. The Morgan fingerprint density at radius 3 is 2.75 bits per heavy atom. The third-order valence-corrected chi connectivity index (χ3v) is 5.04. The molecule has 3 amide bonds. The van der Waals surface area contributed by atoms with Crippen LogP contribution in [0.3, 0.4) is 0 Å². The molecule has 0 saturated carbocycles. The summed E-state index contributed by atoms with van der Waals surface area (Å²) in [5.41, 5.74) is 1.31. The van der Waals surface area contributed by atoms with Crippen molar-refractivity contribution in [1.29, 1.82) is 0 Å². The molecule has 126 valence electrons. The lowest BCUT2D eigenvalue weighted by atomic mass is 10.0. The van der Waals surface area contributed by atoms with Crippen molar-refractivity contribution in [1.82, 2.24) is 10.6 Å². The van der Waals surface area contributed by atoms with Gasteiger partial charge in [-0.05, 0) is 35.6 Å². The van der Waals surface area contributed by atoms with E-state index in [2.05, 4.69) is 24.5 Å². The van der Waals surface area contributed by atoms with Gasteiger partial charge in [0.05, 0.1) is 6.04 Å². The molecule has 5 nitrogen and oxygen atoms in total. The zero-order valence-electron chi connectivity index (χ0n) is 13.8. The number of benzene rings is 1. The first-order valence-electron chi connectivity index (χ1n) is 8.06. The van der Waals surface area contributed by atoms with Gasteiger partial charge in [-0.25, -0.2) is 4.79 Å². The summed E-state index contributed by atoms with van der Waals surface area (Å²) < 4.78 is 0. The predicted molar refractivity (Wildman–Crippen MR) is 96.6 cm³/mol. The van der Waals surface area contributed by atoms with E-state index < -0.39 is 0 Å². The number of amides is 3. The lowest BCUT2D eigenvalue weighted by Crippen LogP contribution is -2.32. The molecule has 0 spiro atoms. The fourth-order valence-corrected chi connectivity index (χ4v) is 3.74. The van der Waals surface area contributed by atoms with Crippen LogP contribution in [-0.4, -0.2) is 25.0 Å². The van der Waals surface area contributed by atoms with E-state index >= 15 is 0 Å². The number of carbonyl (C=O) groups is 2. The fourth-order valence-electron chi connectivity index (χ4n) is 2.79. The second-order valence-corrected chi connectivity index (χ2v) is 7.12. The van der Waals surface area contributed by atoms with Crippen molar-refractivity contribution in [3.05, 3.63) is 52.2 Å². The van der Waals surface area contributed by atoms with Crippen molar-refractivity contribution in [2.24, 2.45) is 5.92 Å². The van der Waals surface area contributed by atoms with Crippen molar-refractivity contribution in [3.8, 4) is 0 Å². The molecular formula is C18H21N3O2S. The third kappa shape index (κ3) is 3.43. The number of nitrogens with one attached hydrogen (secondary N) is 2. The molecule has 0 radical (unpaired) electrons. The first-order chi connectivity index (χ1) is 11.6. The van der Waals surface area contributed by atoms with Crippen molar-refractivity contribution in [2.75, 3.05) is 18.0 Å². The lowest BCUT2D eigenvalue weighted by molar-refractivity contribution is 0.0926. The Labute approximate surface area is 145 Å². The number of hydrogen-bond acceptors (Lipinski definition) is 3. The molecule has 2 N–H and O–H groups in total. The summed E-state index contributed by atoms with van der Waals surface area (Å²) in [7, 11) is 0. The van der Waals surface area contributed by atoms with Crippen LogP contribution in [-0.2, 0) is 0 Å². The van der Waals surface area contributed by atoms with Gasteiger partial charge in [0.1, 0.15) is 0 Å². The van der Waals surface area contributed by atoms with E-state index in [4.69, 9.17) is 0 Å². The fraction of sp³-hybridized carbons (Fsp3) is 0.333. The number of thiophene rings is 1. The van der Waals surface area contributed by atoms with Gasteiger partial charge in [0, 0.05) is 29.2 Å². The van der Waals surface area contributed by atoms with E-state index in [0.717, 1.165) is 10.6 Å². The summed E-state index contributed by atoms with van der Waals surface area (Å²) >= 11 is 1.64. The minimum atomic E-state index is -0.122. The minimum Gasteiger partial charge on any atom is -0.344 e. The second-order valence-electron chi connectivity index (χ2n) is 6.14. The van der Waals surface area contributed by atoms with Gasteiger partial charge < -0.3 is 10.6 Å². The second kappa shape index (κ2) is 7.05. The number of anilines is 1. The summed E-state index contributed by atoms with van der Waals surface area (Å²) in [5, 5.41) is 7.90.